The Hall–Kier alpha value is -2.14. The molecule has 0 aliphatic carbocycles. The van der Waals surface area contributed by atoms with Crippen molar-refractivity contribution in [3.05, 3.63) is 53.5 Å². The number of hydrogen-bond acceptors (Lipinski definition) is 4. The van der Waals surface area contributed by atoms with E-state index in [9.17, 15) is 4.79 Å². The van der Waals surface area contributed by atoms with E-state index in [1.54, 1.807) is 18.7 Å². The Balaban J connectivity index is 1.80. The molecule has 4 nitrogen and oxygen atoms in total. The highest BCUT2D eigenvalue weighted by molar-refractivity contribution is 7.98. The van der Waals surface area contributed by atoms with Crippen LogP contribution in [0, 0.1) is 6.92 Å². The first kappa shape index (κ1) is 13.8. The Labute approximate surface area is 127 Å². The molecule has 2 heterocycles. The maximum Gasteiger partial charge on any atom is 0.159 e. The molecule has 0 amide bonds. The minimum absolute atomic E-state index is 0.0554. The number of nitrogens with zero attached hydrogens (tertiary/aromatic N) is 2. The summed E-state index contributed by atoms with van der Waals surface area (Å²) >= 11 is 1.64. The molecule has 0 unspecified atom stereocenters. The number of thioether (sulfide) groups is 1. The number of hydrogen-bond donors (Lipinski definition) is 1. The van der Waals surface area contributed by atoms with Gasteiger partial charge in [-0.1, -0.05) is 11.8 Å². The third-order valence-electron chi connectivity index (χ3n) is 3.19. The normalized spacial score (nSPS) is 11.0. The number of H-pyrrole nitrogens is 1. The first-order chi connectivity index (χ1) is 10.1. The number of ketones is 1. The molecule has 0 fully saturated rings. The number of carbonyl (C=O) groups excluding carboxylic acids is 1. The lowest BCUT2D eigenvalue weighted by Crippen LogP contribution is -1.90. The predicted molar refractivity (Wildman–Crippen MR) is 84.6 cm³/mol. The third-order valence-corrected chi connectivity index (χ3v) is 4.12. The molecular weight excluding hydrogens is 282 g/mol. The van der Waals surface area contributed by atoms with Crippen molar-refractivity contribution in [1.29, 1.82) is 0 Å². The number of benzene rings is 1. The maximum atomic E-state index is 11.4. The standard InChI is InChI=1S/C16H15N3OS/c1-10-5-6-17-16(7-10)21-9-15-18-13-4-3-12(11(2)20)8-14(13)19-15/h3-8H,9H2,1-2H3,(H,18,19). The summed E-state index contributed by atoms with van der Waals surface area (Å²) in [5.74, 6) is 1.67. The number of nitrogens with one attached hydrogen (secondary N) is 1. The van der Waals surface area contributed by atoms with Crippen LogP contribution in [0.4, 0.5) is 0 Å². The van der Waals surface area contributed by atoms with Crippen molar-refractivity contribution < 1.29 is 4.79 Å². The van der Waals surface area contributed by atoms with Gasteiger partial charge in [0, 0.05) is 11.8 Å². The van der Waals surface area contributed by atoms with Gasteiger partial charge < -0.3 is 4.98 Å². The van der Waals surface area contributed by atoms with E-state index in [4.69, 9.17) is 0 Å². The van der Waals surface area contributed by atoms with Crippen molar-refractivity contribution in [2.75, 3.05) is 0 Å². The van der Waals surface area contributed by atoms with Gasteiger partial charge in [0.1, 0.15) is 5.82 Å². The van der Waals surface area contributed by atoms with Crippen LogP contribution in [0.25, 0.3) is 11.0 Å². The summed E-state index contributed by atoms with van der Waals surface area (Å²) in [5.41, 5.74) is 3.67. The summed E-state index contributed by atoms with van der Waals surface area (Å²) in [6, 6.07) is 9.59. The molecule has 0 saturated carbocycles. The number of aryl methyl sites for hydroxylation is 1. The van der Waals surface area contributed by atoms with Gasteiger partial charge in [0.2, 0.25) is 0 Å². The molecule has 0 aliphatic rings. The van der Waals surface area contributed by atoms with Gasteiger partial charge in [-0.2, -0.15) is 0 Å². The van der Waals surface area contributed by atoms with Crippen LogP contribution in [0.1, 0.15) is 28.7 Å². The Morgan fingerprint density at radius 1 is 1.29 bits per heavy atom. The second kappa shape index (κ2) is 5.69. The zero-order chi connectivity index (χ0) is 14.8. The molecule has 0 aliphatic heterocycles. The quantitative estimate of drug-likeness (QED) is 0.588. The van der Waals surface area contributed by atoms with Crippen LogP contribution in [0.15, 0.2) is 41.6 Å². The van der Waals surface area contributed by atoms with Gasteiger partial charge in [-0.05, 0) is 49.7 Å². The molecule has 0 bridgehead atoms. The Morgan fingerprint density at radius 2 is 2.14 bits per heavy atom. The van der Waals surface area contributed by atoms with Gasteiger partial charge in [0.15, 0.2) is 5.78 Å². The van der Waals surface area contributed by atoms with E-state index in [-0.39, 0.29) is 5.78 Å². The van der Waals surface area contributed by atoms with E-state index >= 15 is 0 Å². The van der Waals surface area contributed by atoms with Crippen LogP contribution in [-0.2, 0) is 5.75 Å². The fourth-order valence-electron chi connectivity index (χ4n) is 2.08. The number of carbonyl (C=O) groups is 1. The summed E-state index contributed by atoms with van der Waals surface area (Å²) < 4.78 is 0. The third kappa shape index (κ3) is 3.13. The number of pyridine rings is 1. The Kier molecular flexibility index (Phi) is 3.75. The average Bonchev–Trinajstić information content (AvgIpc) is 2.87. The number of Topliss-reactive ketones (excluding diaryl/α,β-unsaturated/α-hetero) is 1. The van der Waals surface area contributed by atoms with Crippen LogP contribution < -0.4 is 0 Å². The molecule has 1 aromatic carbocycles. The molecule has 3 rings (SSSR count). The highest BCUT2D eigenvalue weighted by atomic mass is 32.2. The second-order valence-electron chi connectivity index (χ2n) is 4.93. The van der Waals surface area contributed by atoms with E-state index in [1.165, 1.54) is 5.56 Å². The minimum atomic E-state index is 0.0554. The van der Waals surface area contributed by atoms with Crippen molar-refractivity contribution in [3.8, 4) is 0 Å². The summed E-state index contributed by atoms with van der Waals surface area (Å²) in [6.45, 7) is 3.62. The van der Waals surface area contributed by atoms with Gasteiger partial charge in [-0.25, -0.2) is 9.97 Å². The average molecular weight is 297 g/mol. The first-order valence-electron chi connectivity index (χ1n) is 6.67. The van der Waals surface area contributed by atoms with E-state index in [0.717, 1.165) is 27.6 Å². The molecule has 106 valence electrons. The van der Waals surface area contributed by atoms with Gasteiger partial charge in [-0.3, -0.25) is 4.79 Å². The molecule has 2 aromatic heterocycles. The first-order valence-corrected chi connectivity index (χ1v) is 7.65. The van der Waals surface area contributed by atoms with Crippen molar-refractivity contribution in [1.82, 2.24) is 15.0 Å². The Morgan fingerprint density at radius 3 is 2.90 bits per heavy atom. The fraction of sp³-hybridized carbons (Fsp3) is 0.188. The van der Waals surface area contributed by atoms with Crippen LogP contribution in [-0.4, -0.2) is 20.7 Å². The highest BCUT2D eigenvalue weighted by Gasteiger charge is 2.07. The van der Waals surface area contributed by atoms with Crippen LogP contribution in [0.2, 0.25) is 0 Å². The molecule has 1 N–H and O–H groups in total. The number of aromatic nitrogens is 3. The van der Waals surface area contributed by atoms with Crippen LogP contribution in [0.3, 0.4) is 0 Å². The van der Waals surface area contributed by atoms with E-state index in [0.29, 0.717) is 5.56 Å². The number of aromatic amines is 1. The fourth-order valence-corrected chi connectivity index (χ4v) is 2.90. The van der Waals surface area contributed by atoms with E-state index < -0.39 is 0 Å². The van der Waals surface area contributed by atoms with E-state index in [1.807, 2.05) is 30.5 Å². The predicted octanol–water partition coefficient (Wildman–Crippen LogP) is 3.76. The number of rotatable bonds is 4. The van der Waals surface area contributed by atoms with Crippen molar-refractivity contribution in [2.24, 2.45) is 0 Å². The smallest absolute Gasteiger partial charge is 0.159 e. The van der Waals surface area contributed by atoms with Crippen molar-refractivity contribution >= 4 is 28.6 Å². The lowest BCUT2D eigenvalue weighted by atomic mass is 10.1. The SMILES string of the molecule is CC(=O)c1ccc2[nH]c(CSc3cc(C)ccn3)nc2c1. The monoisotopic (exact) mass is 297 g/mol. The highest BCUT2D eigenvalue weighted by Crippen LogP contribution is 2.22. The van der Waals surface area contributed by atoms with E-state index in [2.05, 4.69) is 27.9 Å². The lowest BCUT2D eigenvalue weighted by Gasteiger charge is -1.99. The van der Waals surface area contributed by atoms with Gasteiger partial charge in [-0.15, -0.1) is 0 Å². The topological polar surface area (TPSA) is 58.6 Å². The van der Waals surface area contributed by atoms with Crippen LogP contribution >= 0.6 is 11.8 Å². The van der Waals surface area contributed by atoms with Crippen molar-refractivity contribution in [3.63, 3.8) is 0 Å². The minimum Gasteiger partial charge on any atom is -0.341 e. The summed E-state index contributed by atoms with van der Waals surface area (Å²) in [4.78, 5) is 23.5. The molecular formula is C16H15N3OS. The molecule has 0 spiro atoms. The second-order valence-corrected chi connectivity index (χ2v) is 5.93. The molecule has 21 heavy (non-hydrogen) atoms. The van der Waals surface area contributed by atoms with Gasteiger partial charge in [0.25, 0.3) is 0 Å². The Bertz CT molecular complexity index is 810. The number of imidazole rings is 1. The van der Waals surface area contributed by atoms with Crippen molar-refractivity contribution in [2.45, 2.75) is 24.6 Å². The van der Waals surface area contributed by atoms with Crippen LogP contribution in [0.5, 0.6) is 0 Å². The molecule has 0 saturated heterocycles. The zero-order valence-corrected chi connectivity index (χ0v) is 12.7. The number of fused-ring (bicyclic) bond motifs is 1. The molecule has 0 atom stereocenters. The maximum absolute atomic E-state index is 11.4. The lowest BCUT2D eigenvalue weighted by molar-refractivity contribution is 0.101. The largest absolute Gasteiger partial charge is 0.341 e. The van der Waals surface area contributed by atoms with Gasteiger partial charge in [0.05, 0.1) is 21.8 Å². The summed E-state index contributed by atoms with van der Waals surface area (Å²) in [5, 5.41) is 0.986. The zero-order valence-electron chi connectivity index (χ0n) is 11.9. The molecule has 5 heteroatoms. The summed E-state index contributed by atoms with van der Waals surface area (Å²) in [7, 11) is 0. The summed E-state index contributed by atoms with van der Waals surface area (Å²) in [6.07, 6.45) is 1.81. The molecule has 0 radical (unpaired) electrons. The molecule has 3 aromatic rings. The van der Waals surface area contributed by atoms with Gasteiger partial charge >= 0.3 is 0 Å².